The van der Waals surface area contributed by atoms with Gasteiger partial charge in [-0.25, -0.2) is 0 Å². The largest absolute Gasteiger partial charge is 0.344 e. The van der Waals surface area contributed by atoms with Gasteiger partial charge in [0, 0.05) is 39.1 Å². The lowest BCUT2D eigenvalue weighted by molar-refractivity contribution is -0.138. The first kappa shape index (κ1) is 19.8. The second-order valence-electron chi connectivity index (χ2n) is 6.34. The Balaban J connectivity index is 1.86. The van der Waals surface area contributed by atoms with Crippen molar-refractivity contribution in [1.29, 1.82) is 0 Å². The van der Waals surface area contributed by atoms with E-state index in [0.29, 0.717) is 12.8 Å². The number of nitrogens with zero attached hydrogens (tertiary/aromatic N) is 2. The average Bonchev–Trinajstić information content (AvgIpc) is 2.65. The summed E-state index contributed by atoms with van der Waals surface area (Å²) in [4.78, 5) is 28.8. The van der Waals surface area contributed by atoms with Crippen molar-refractivity contribution in [3.05, 3.63) is 35.9 Å². The van der Waals surface area contributed by atoms with Crippen LogP contribution in [0, 0.1) is 0 Å². The van der Waals surface area contributed by atoms with Crippen molar-refractivity contribution in [2.24, 2.45) is 0 Å². The summed E-state index contributed by atoms with van der Waals surface area (Å²) in [6, 6.07) is 10.0. The van der Waals surface area contributed by atoms with Crippen LogP contribution >= 0.6 is 11.8 Å². The minimum atomic E-state index is -0.388. The number of rotatable bonds is 8. The van der Waals surface area contributed by atoms with Crippen molar-refractivity contribution >= 4 is 23.6 Å². The predicted molar refractivity (Wildman–Crippen MR) is 104 cm³/mol. The molecule has 1 aliphatic heterocycles. The molecule has 1 saturated heterocycles. The Bertz CT molecular complexity index is 545. The number of thioether (sulfide) groups is 1. The highest BCUT2D eigenvalue weighted by Crippen LogP contribution is 2.11. The first-order valence-electron chi connectivity index (χ1n) is 8.97. The van der Waals surface area contributed by atoms with Crippen molar-refractivity contribution in [3.63, 3.8) is 0 Å². The fourth-order valence-corrected chi connectivity index (χ4v) is 3.45. The summed E-state index contributed by atoms with van der Waals surface area (Å²) >= 11 is 1.70. The molecule has 2 rings (SSSR count). The molecule has 2 amide bonds. The summed E-state index contributed by atoms with van der Waals surface area (Å²) in [6.45, 7) is 5.93. The zero-order chi connectivity index (χ0) is 18.1. The van der Waals surface area contributed by atoms with E-state index in [-0.39, 0.29) is 17.9 Å². The standard InChI is InChI=1S/C19H29N3O2S/c1-3-18(23)20-17(9-14-25-2)19(24)22-12-10-21(11-13-22)15-16-7-5-4-6-8-16/h4-8,17H,3,9-15H2,1-2H3,(H,20,23). The topological polar surface area (TPSA) is 52.7 Å². The van der Waals surface area contributed by atoms with Gasteiger partial charge >= 0.3 is 0 Å². The minimum absolute atomic E-state index is 0.0535. The Morgan fingerprint density at radius 1 is 1.16 bits per heavy atom. The van der Waals surface area contributed by atoms with Gasteiger partial charge in [-0.2, -0.15) is 11.8 Å². The minimum Gasteiger partial charge on any atom is -0.344 e. The highest BCUT2D eigenvalue weighted by Gasteiger charge is 2.28. The van der Waals surface area contributed by atoms with E-state index in [9.17, 15) is 9.59 Å². The van der Waals surface area contributed by atoms with Crippen LogP contribution < -0.4 is 5.32 Å². The van der Waals surface area contributed by atoms with Crippen molar-refractivity contribution in [1.82, 2.24) is 15.1 Å². The fourth-order valence-electron chi connectivity index (χ4n) is 2.98. The Hall–Kier alpha value is -1.53. The predicted octanol–water partition coefficient (Wildman–Crippen LogP) is 1.98. The average molecular weight is 364 g/mol. The number of nitrogens with one attached hydrogen (secondary N) is 1. The van der Waals surface area contributed by atoms with Crippen molar-refractivity contribution in [2.45, 2.75) is 32.4 Å². The lowest BCUT2D eigenvalue weighted by Crippen LogP contribution is -2.54. The number of hydrogen-bond acceptors (Lipinski definition) is 4. The second-order valence-corrected chi connectivity index (χ2v) is 7.33. The van der Waals surface area contributed by atoms with Crippen molar-refractivity contribution in [3.8, 4) is 0 Å². The summed E-state index contributed by atoms with van der Waals surface area (Å²) in [7, 11) is 0. The molecule has 1 aromatic carbocycles. The van der Waals surface area contributed by atoms with E-state index in [0.717, 1.165) is 38.5 Å². The van der Waals surface area contributed by atoms with E-state index in [4.69, 9.17) is 0 Å². The van der Waals surface area contributed by atoms with Gasteiger partial charge in [0.2, 0.25) is 11.8 Å². The summed E-state index contributed by atoms with van der Waals surface area (Å²) < 4.78 is 0. The molecule has 1 aromatic rings. The molecule has 0 aromatic heterocycles. The number of carbonyl (C=O) groups excluding carboxylic acids is 2. The van der Waals surface area contributed by atoms with Crippen LogP contribution in [0.15, 0.2) is 30.3 Å². The van der Waals surface area contributed by atoms with Gasteiger partial charge in [-0.3, -0.25) is 14.5 Å². The normalized spacial score (nSPS) is 16.5. The van der Waals surface area contributed by atoms with Gasteiger partial charge in [0.05, 0.1) is 0 Å². The van der Waals surface area contributed by atoms with Gasteiger partial charge in [0.1, 0.15) is 6.04 Å². The zero-order valence-corrected chi connectivity index (χ0v) is 16.1. The smallest absolute Gasteiger partial charge is 0.245 e. The fraction of sp³-hybridized carbons (Fsp3) is 0.579. The maximum Gasteiger partial charge on any atom is 0.245 e. The van der Waals surface area contributed by atoms with Crippen molar-refractivity contribution < 1.29 is 9.59 Å². The third kappa shape index (κ3) is 6.36. The zero-order valence-electron chi connectivity index (χ0n) is 15.2. The molecule has 1 atom stereocenters. The van der Waals surface area contributed by atoms with Crippen LogP contribution in [0.5, 0.6) is 0 Å². The molecule has 1 fully saturated rings. The highest BCUT2D eigenvalue weighted by atomic mass is 32.2. The van der Waals surface area contributed by atoms with Crippen LogP contribution in [0.4, 0.5) is 0 Å². The van der Waals surface area contributed by atoms with Crippen LogP contribution in [-0.2, 0) is 16.1 Å². The van der Waals surface area contributed by atoms with Gasteiger partial charge in [0.25, 0.3) is 0 Å². The molecule has 0 spiro atoms. The van der Waals surface area contributed by atoms with E-state index in [1.807, 2.05) is 24.1 Å². The summed E-state index contributed by atoms with van der Waals surface area (Å²) in [5.74, 6) is 0.881. The first-order chi connectivity index (χ1) is 12.1. The Morgan fingerprint density at radius 3 is 2.44 bits per heavy atom. The molecule has 25 heavy (non-hydrogen) atoms. The number of benzene rings is 1. The van der Waals surface area contributed by atoms with Gasteiger partial charge in [0.15, 0.2) is 0 Å². The number of piperazine rings is 1. The molecule has 6 heteroatoms. The second kappa shape index (κ2) is 10.5. The maximum absolute atomic E-state index is 12.8. The van der Waals surface area contributed by atoms with Crippen LogP contribution in [0.2, 0.25) is 0 Å². The molecule has 138 valence electrons. The number of hydrogen-bond donors (Lipinski definition) is 1. The van der Waals surface area contributed by atoms with Gasteiger partial charge in [-0.05, 0) is 24.0 Å². The van der Waals surface area contributed by atoms with E-state index >= 15 is 0 Å². The van der Waals surface area contributed by atoms with Crippen LogP contribution in [0.25, 0.3) is 0 Å². The van der Waals surface area contributed by atoms with E-state index in [2.05, 4.69) is 34.5 Å². The maximum atomic E-state index is 12.8. The number of carbonyl (C=O) groups is 2. The molecular formula is C19H29N3O2S. The molecule has 0 radical (unpaired) electrons. The molecule has 1 N–H and O–H groups in total. The van der Waals surface area contributed by atoms with Gasteiger partial charge in [-0.1, -0.05) is 37.3 Å². The molecule has 5 nitrogen and oxygen atoms in total. The first-order valence-corrected chi connectivity index (χ1v) is 10.4. The Morgan fingerprint density at radius 2 is 1.84 bits per heavy atom. The summed E-state index contributed by atoms with van der Waals surface area (Å²) in [6.07, 6.45) is 3.12. The molecule has 0 saturated carbocycles. The lowest BCUT2D eigenvalue weighted by Gasteiger charge is -2.36. The van der Waals surface area contributed by atoms with Crippen molar-refractivity contribution in [2.75, 3.05) is 38.2 Å². The molecular weight excluding hydrogens is 334 g/mol. The molecule has 0 aliphatic carbocycles. The molecule has 1 heterocycles. The van der Waals surface area contributed by atoms with E-state index in [1.54, 1.807) is 11.8 Å². The monoisotopic (exact) mass is 363 g/mol. The van der Waals surface area contributed by atoms with Gasteiger partial charge < -0.3 is 10.2 Å². The molecule has 1 aliphatic rings. The van der Waals surface area contributed by atoms with Crippen LogP contribution in [0.3, 0.4) is 0 Å². The lowest BCUT2D eigenvalue weighted by atomic mass is 10.1. The van der Waals surface area contributed by atoms with Crippen LogP contribution in [-0.4, -0.2) is 65.8 Å². The summed E-state index contributed by atoms with van der Waals surface area (Å²) in [5.41, 5.74) is 1.30. The summed E-state index contributed by atoms with van der Waals surface area (Å²) in [5, 5.41) is 2.89. The Labute approximate surface area is 155 Å². The van der Waals surface area contributed by atoms with E-state index < -0.39 is 0 Å². The Kier molecular flexibility index (Phi) is 8.28. The third-order valence-corrected chi connectivity index (χ3v) is 5.14. The van der Waals surface area contributed by atoms with E-state index in [1.165, 1.54) is 5.56 Å². The highest BCUT2D eigenvalue weighted by molar-refractivity contribution is 7.98. The quantitative estimate of drug-likeness (QED) is 0.767. The van der Waals surface area contributed by atoms with Crippen LogP contribution in [0.1, 0.15) is 25.3 Å². The SMILES string of the molecule is CCC(=O)NC(CCSC)C(=O)N1CCN(Cc2ccccc2)CC1. The van der Waals surface area contributed by atoms with Gasteiger partial charge in [-0.15, -0.1) is 0 Å². The third-order valence-electron chi connectivity index (χ3n) is 4.50. The molecule has 1 unspecified atom stereocenters. The molecule has 0 bridgehead atoms. The number of amides is 2.